The minimum absolute atomic E-state index is 0.130. The number of hydrogen-bond acceptors (Lipinski definition) is 3. The molecule has 6 heteroatoms. The summed E-state index contributed by atoms with van der Waals surface area (Å²) >= 11 is 11.9. The third-order valence-electron chi connectivity index (χ3n) is 2.60. The van der Waals surface area contributed by atoms with Gasteiger partial charge in [-0.2, -0.15) is 5.10 Å². The summed E-state index contributed by atoms with van der Waals surface area (Å²) in [4.78, 5) is 11.6. The summed E-state index contributed by atoms with van der Waals surface area (Å²) < 4.78 is 0. The van der Waals surface area contributed by atoms with Crippen LogP contribution in [-0.2, 0) is 4.79 Å². The van der Waals surface area contributed by atoms with Crippen molar-refractivity contribution in [2.45, 2.75) is 0 Å². The van der Waals surface area contributed by atoms with Gasteiger partial charge in [0.05, 0.1) is 22.8 Å². The van der Waals surface area contributed by atoms with Gasteiger partial charge in [-0.3, -0.25) is 4.79 Å². The van der Waals surface area contributed by atoms with E-state index in [1.807, 2.05) is 30.3 Å². The standard InChI is InChI=1S/C15H13Cl2N3O/c16-13-8-4-5-11(15(13)17)9-19-20-14(21)10-18-12-6-2-1-3-7-12/h1-9,18H,10H2,(H,20,21)/b19-9-. The number of hydrogen-bond donors (Lipinski definition) is 2. The first-order valence-corrected chi connectivity index (χ1v) is 6.97. The summed E-state index contributed by atoms with van der Waals surface area (Å²) in [5.74, 6) is -0.256. The van der Waals surface area contributed by atoms with E-state index in [4.69, 9.17) is 23.2 Å². The van der Waals surface area contributed by atoms with Gasteiger partial charge in [0.25, 0.3) is 5.91 Å². The van der Waals surface area contributed by atoms with E-state index >= 15 is 0 Å². The summed E-state index contributed by atoms with van der Waals surface area (Å²) in [5, 5.41) is 7.67. The summed E-state index contributed by atoms with van der Waals surface area (Å²) in [7, 11) is 0. The number of rotatable bonds is 5. The fraction of sp³-hybridized carbons (Fsp3) is 0.0667. The highest BCUT2D eigenvalue weighted by Gasteiger charge is 2.02. The van der Waals surface area contributed by atoms with E-state index in [1.165, 1.54) is 6.21 Å². The SMILES string of the molecule is O=C(CNc1ccccc1)N/N=C\c1cccc(Cl)c1Cl. The summed E-state index contributed by atoms with van der Waals surface area (Å²) in [6.07, 6.45) is 1.45. The van der Waals surface area contributed by atoms with Gasteiger partial charge in [-0.25, -0.2) is 5.43 Å². The van der Waals surface area contributed by atoms with Crippen LogP contribution in [0, 0.1) is 0 Å². The number of nitrogens with one attached hydrogen (secondary N) is 2. The number of hydrazone groups is 1. The molecule has 2 aromatic carbocycles. The quantitative estimate of drug-likeness (QED) is 0.653. The largest absolute Gasteiger partial charge is 0.376 e. The van der Waals surface area contributed by atoms with Gasteiger partial charge in [-0.1, -0.05) is 53.5 Å². The van der Waals surface area contributed by atoms with Crippen molar-refractivity contribution in [1.29, 1.82) is 0 Å². The van der Waals surface area contributed by atoms with Gasteiger partial charge >= 0.3 is 0 Å². The van der Waals surface area contributed by atoms with Gasteiger partial charge < -0.3 is 5.32 Å². The van der Waals surface area contributed by atoms with Crippen molar-refractivity contribution in [3.63, 3.8) is 0 Å². The Hall–Kier alpha value is -2.04. The monoisotopic (exact) mass is 321 g/mol. The molecule has 0 heterocycles. The second-order valence-electron chi connectivity index (χ2n) is 4.16. The van der Waals surface area contributed by atoms with Crippen molar-refractivity contribution in [3.05, 3.63) is 64.1 Å². The van der Waals surface area contributed by atoms with Crippen LogP contribution in [0.5, 0.6) is 0 Å². The molecular weight excluding hydrogens is 309 g/mol. The highest BCUT2D eigenvalue weighted by atomic mass is 35.5. The van der Waals surface area contributed by atoms with E-state index in [0.29, 0.717) is 15.6 Å². The van der Waals surface area contributed by atoms with Crippen LogP contribution in [-0.4, -0.2) is 18.7 Å². The molecule has 2 aromatic rings. The Bertz CT molecular complexity index is 645. The first-order valence-electron chi connectivity index (χ1n) is 6.21. The minimum Gasteiger partial charge on any atom is -0.376 e. The minimum atomic E-state index is -0.256. The van der Waals surface area contributed by atoms with E-state index in [2.05, 4.69) is 15.8 Å². The number of nitrogens with zero attached hydrogens (tertiary/aromatic N) is 1. The highest BCUT2D eigenvalue weighted by molar-refractivity contribution is 6.43. The van der Waals surface area contributed by atoms with E-state index in [-0.39, 0.29) is 12.5 Å². The molecule has 0 saturated heterocycles. The van der Waals surface area contributed by atoms with E-state index in [1.54, 1.807) is 18.2 Å². The highest BCUT2D eigenvalue weighted by Crippen LogP contribution is 2.23. The number of benzene rings is 2. The molecule has 0 aromatic heterocycles. The number of carbonyl (C=O) groups excluding carboxylic acids is 1. The molecule has 4 nitrogen and oxygen atoms in total. The maximum atomic E-state index is 11.6. The topological polar surface area (TPSA) is 53.5 Å². The molecule has 0 radical (unpaired) electrons. The Morgan fingerprint density at radius 3 is 2.62 bits per heavy atom. The average molecular weight is 322 g/mol. The Morgan fingerprint density at radius 2 is 1.86 bits per heavy atom. The lowest BCUT2D eigenvalue weighted by atomic mass is 10.2. The molecule has 0 aliphatic rings. The third-order valence-corrected chi connectivity index (χ3v) is 3.43. The zero-order chi connectivity index (χ0) is 15.1. The molecule has 2 N–H and O–H groups in total. The fourth-order valence-electron chi connectivity index (χ4n) is 1.57. The van der Waals surface area contributed by atoms with E-state index < -0.39 is 0 Å². The van der Waals surface area contributed by atoms with Gasteiger partial charge in [0.15, 0.2) is 0 Å². The zero-order valence-corrected chi connectivity index (χ0v) is 12.5. The van der Waals surface area contributed by atoms with Gasteiger partial charge in [-0.15, -0.1) is 0 Å². The van der Waals surface area contributed by atoms with Crippen LogP contribution >= 0.6 is 23.2 Å². The first kappa shape index (κ1) is 15.4. The van der Waals surface area contributed by atoms with Crippen LogP contribution in [0.4, 0.5) is 5.69 Å². The number of amides is 1. The molecule has 21 heavy (non-hydrogen) atoms. The van der Waals surface area contributed by atoms with Crippen LogP contribution in [0.25, 0.3) is 0 Å². The Balaban J connectivity index is 1.83. The van der Waals surface area contributed by atoms with Crippen LogP contribution in [0.15, 0.2) is 53.6 Å². The second kappa shape index (κ2) is 7.67. The molecule has 0 spiro atoms. The number of carbonyl (C=O) groups is 1. The van der Waals surface area contributed by atoms with Crippen LogP contribution in [0.1, 0.15) is 5.56 Å². The predicted molar refractivity (Wildman–Crippen MR) is 87.1 cm³/mol. The predicted octanol–water partition coefficient (Wildman–Crippen LogP) is 3.56. The summed E-state index contributed by atoms with van der Waals surface area (Å²) in [6, 6.07) is 14.6. The maximum absolute atomic E-state index is 11.6. The van der Waals surface area contributed by atoms with Crippen LogP contribution in [0.2, 0.25) is 10.0 Å². The summed E-state index contributed by atoms with van der Waals surface area (Å²) in [6.45, 7) is 0.130. The van der Waals surface area contributed by atoms with Gasteiger partial charge in [0.1, 0.15) is 0 Å². The molecule has 108 valence electrons. The van der Waals surface area contributed by atoms with Crippen molar-refractivity contribution in [2.75, 3.05) is 11.9 Å². The lowest BCUT2D eigenvalue weighted by Crippen LogP contribution is -2.25. The molecule has 0 unspecified atom stereocenters. The molecule has 1 amide bonds. The molecule has 0 bridgehead atoms. The molecule has 2 rings (SSSR count). The Kier molecular flexibility index (Phi) is 5.60. The fourth-order valence-corrected chi connectivity index (χ4v) is 1.93. The van der Waals surface area contributed by atoms with Gasteiger partial charge in [-0.05, 0) is 18.2 Å². The third kappa shape index (κ3) is 4.77. The first-order chi connectivity index (χ1) is 10.2. The van der Waals surface area contributed by atoms with E-state index in [0.717, 1.165) is 5.69 Å². The number of halogens is 2. The number of anilines is 1. The average Bonchev–Trinajstić information content (AvgIpc) is 2.50. The molecule has 0 aliphatic heterocycles. The summed E-state index contributed by atoms with van der Waals surface area (Å²) in [5.41, 5.74) is 3.92. The van der Waals surface area contributed by atoms with Gasteiger partial charge in [0.2, 0.25) is 0 Å². The Morgan fingerprint density at radius 1 is 1.10 bits per heavy atom. The van der Waals surface area contributed by atoms with Gasteiger partial charge in [0, 0.05) is 11.3 Å². The maximum Gasteiger partial charge on any atom is 0.259 e. The Labute approximate surface area is 132 Å². The molecule has 0 atom stereocenters. The van der Waals surface area contributed by atoms with E-state index in [9.17, 15) is 4.79 Å². The number of para-hydroxylation sites is 1. The van der Waals surface area contributed by atoms with Crippen LogP contribution in [0.3, 0.4) is 0 Å². The van der Waals surface area contributed by atoms with Crippen molar-refractivity contribution < 1.29 is 4.79 Å². The lowest BCUT2D eigenvalue weighted by molar-refractivity contribution is -0.119. The molecular formula is C15H13Cl2N3O. The zero-order valence-electron chi connectivity index (χ0n) is 11.0. The normalized spacial score (nSPS) is 10.6. The van der Waals surface area contributed by atoms with Crippen molar-refractivity contribution in [3.8, 4) is 0 Å². The second-order valence-corrected chi connectivity index (χ2v) is 4.94. The molecule has 0 fully saturated rings. The molecule has 0 saturated carbocycles. The smallest absolute Gasteiger partial charge is 0.259 e. The van der Waals surface area contributed by atoms with Crippen molar-refractivity contribution in [1.82, 2.24) is 5.43 Å². The van der Waals surface area contributed by atoms with Crippen LogP contribution < -0.4 is 10.7 Å². The molecule has 0 aliphatic carbocycles. The lowest BCUT2D eigenvalue weighted by Gasteiger charge is -2.04. The van der Waals surface area contributed by atoms with Crippen molar-refractivity contribution in [2.24, 2.45) is 5.10 Å². The van der Waals surface area contributed by atoms with Crippen molar-refractivity contribution >= 4 is 41.0 Å².